The summed E-state index contributed by atoms with van der Waals surface area (Å²) >= 11 is 1.43. The number of rotatable bonds is 4. The third-order valence-electron chi connectivity index (χ3n) is 2.62. The number of aromatic nitrogens is 1. The highest BCUT2D eigenvalue weighted by atomic mass is 32.1. The van der Waals surface area contributed by atoms with E-state index in [4.69, 9.17) is 5.26 Å². The SMILES string of the molecule is CC(=O)c1cccc(N/C=C(\C#N)c2nc(C)cs2)c1. The van der Waals surface area contributed by atoms with Gasteiger partial charge in [-0.15, -0.1) is 11.3 Å². The lowest BCUT2D eigenvalue weighted by atomic mass is 10.1. The first-order valence-electron chi connectivity index (χ1n) is 6.00. The van der Waals surface area contributed by atoms with Gasteiger partial charge in [-0.2, -0.15) is 5.26 Å². The number of nitrogens with one attached hydrogen (secondary N) is 1. The van der Waals surface area contributed by atoms with Crippen molar-refractivity contribution < 1.29 is 4.79 Å². The number of aryl methyl sites for hydroxylation is 1. The van der Waals surface area contributed by atoms with Crippen LogP contribution in [-0.2, 0) is 0 Å². The molecule has 0 amide bonds. The van der Waals surface area contributed by atoms with Crippen LogP contribution in [-0.4, -0.2) is 10.8 Å². The fourth-order valence-electron chi connectivity index (χ4n) is 1.60. The van der Waals surface area contributed by atoms with Crippen LogP contribution < -0.4 is 5.32 Å². The zero-order chi connectivity index (χ0) is 14.5. The quantitative estimate of drug-likeness (QED) is 0.687. The smallest absolute Gasteiger partial charge is 0.159 e. The fraction of sp³-hybridized carbons (Fsp3) is 0.133. The summed E-state index contributed by atoms with van der Waals surface area (Å²) in [5.74, 6) is 0.00804. The Bertz CT molecular complexity index is 710. The summed E-state index contributed by atoms with van der Waals surface area (Å²) in [5, 5.41) is 14.8. The van der Waals surface area contributed by atoms with E-state index in [2.05, 4.69) is 16.4 Å². The van der Waals surface area contributed by atoms with E-state index >= 15 is 0 Å². The molecule has 2 aromatic rings. The molecule has 0 unspecified atom stereocenters. The molecule has 0 aliphatic heterocycles. The Hall–Kier alpha value is -2.45. The Kier molecular flexibility index (Phi) is 4.28. The van der Waals surface area contributed by atoms with Crippen molar-refractivity contribution in [1.29, 1.82) is 5.26 Å². The third kappa shape index (κ3) is 3.31. The molecule has 5 heteroatoms. The molecule has 1 heterocycles. The van der Waals surface area contributed by atoms with Crippen LogP contribution in [0.2, 0.25) is 0 Å². The second-order valence-electron chi connectivity index (χ2n) is 4.25. The monoisotopic (exact) mass is 283 g/mol. The molecule has 0 saturated heterocycles. The topological polar surface area (TPSA) is 65.8 Å². The van der Waals surface area contributed by atoms with Crippen LogP contribution in [0.3, 0.4) is 0 Å². The number of hydrogen-bond donors (Lipinski definition) is 1. The number of nitriles is 1. The Morgan fingerprint density at radius 2 is 2.30 bits per heavy atom. The number of hydrogen-bond acceptors (Lipinski definition) is 5. The summed E-state index contributed by atoms with van der Waals surface area (Å²) in [6.45, 7) is 3.41. The zero-order valence-electron chi connectivity index (χ0n) is 11.2. The predicted molar refractivity (Wildman–Crippen MR) is 80.5 cm³/mol. The number of anilines is 1. The molecule has 0 radical (unpaired) electrons. The minimum atomic E-state index is 0.00804. The van der Waals surface area contributed by atoms with Crippen molar-refractivity contribution in [2.75, 3.05) is 5.32 Å². The molecule has 0 aliphatic carbocycles. The lowest BCUT2D eigenvalue weighted by Gasteiger charge is -2.03. The van der Waals surface area contributed by atoms with Crippen LogP contribution >= 0.6 is 11.3 Å². The largest absolute Gasteiger partial charge is 0.360 e. The van der Waals surface area contributed by atoms with Crippen molar-refractivity contribution in [3.8, 4) is 6.07 Å². The van der Waals surface area contributed by atoms with Gasteiger partial charge in [0.15, 0.2) is 5.78 Å². The Labute approximate surface area is 121 Å². The summed E-state index contributed by atoms with van der Waals surface area (Å²) in [7, 11) is 0. The van der Waals surface area contributed by atoms with Gasteiger partial charge < -0.3 is 5.32 Å². The number of allylic oxidation sites excluding steroid dienone is 1. The van der Waals surface area contributed by atoms with Crippen LogP contribution in [0.4, 0.5) is 5.69 Å². The minimum Gasteiger partial charge on any atom is -0.360 e. The Balaban J connectivity index is 2.21. The molecule has 20 heavy (non-hydrogen) atoms. The van der Waals surface area contributed by atoms with Crippen molar-refractivity contribution in [3.05, 3.63) is 52.1 Å². The lowest BCUT2D eigenvalue weighted by Crippen LogP contribution is -1.95. The van der Waals surface area contributed by atoms with Gasteiger partial charge in [0.25, 0.3) is 0 Å². The minimum absolute atomic E-state index is 0.00804. The number of carbonyl (C=O) groups is 1. The Morgan fingerprint density at radius 3 is 2.90 bits per heavy atom. The molecule has 0 aliphatic rings. The first-order valence-corrected chi connectivity index (χ1v) is 6.88. The standard InChI is InChI=1S/C15H13N3OS/c1-10-9-20-15(18-10)13(7-16)8-17-14-5-3-4-12(6-14)11(2)19/h3-6,8-9,17H,1-2H3/b13-8+. The Morgan fingerprint density at radius 1 is 1.50 bits per heavy atom. The van der Waals surface area contributed by atoms with Gasteiger partial charge in [-0.3, -0.25) is 4.79 Å². The maximum Gasteiger partial charge on any atom is 0.159 e. The van der Waals surface area contributed by atoms with Crippen molar-refractivity contribution in [3.63, 3.8) is 0 Å². The molecule has 0 bridgehead atoms. The van der Waals surface area contributed by atoms with Gasteiger partial charge in [-0.25, -0.2) is 4.98 Å². The van der Waals surface area contributed by atoms with E-state index in [9.17, 15) is 4.79 Å². The average molecular weight is 283 g/mol. The first kappa shape index (κ1) is 14.0. The second kappa shape index (κ2) is 6.13. The van der Waals surface area contributed by atoms with Gasteiger partial charge >= 0.3 is 0 Å². The number of nitrogens with zero attached hydrogens (tertiary/aromatic N) is 2. The molecule has 4 nitrogen and oxygen atoms in total. The van der Waals surface area contributed by atoms with Crippen LogP contribution in [0.25, 0.3) is 5.57 Å². The summed E-state index contributed by atoms with van der Waals surface area (Å²) in [5.41, 5.74) is 2.76. The summed E-state index contributed by atoms with van der Waals surface area (Å²) in [6.07, 6.45) is 1.61. The van der Waals surface area contributed by atoms with Crippen LogP contribution in [0, 0.1) is 18.3 Å². The van der Waals surface area contributed by atoms with Gasteiger partial charge in [-0.1, -0.05) is 12.1 Å². The van der Waals surface area contributed by atoms with Gasteiger partial charge in [0, 0.05) is 28.5 Å². The van der Waals surface area contributed by atoms with Gasteiger partial charge in [0.05, 0.1) is 0 Å². The maximum atomic E-state index is 11.3. The third-order valence-corrected chi connectivity index (χ3v) is 3.62. The van der Waals surface area contributed by atoms with Gasteiger partial charge in [-0.05, 0) is 26.0 Å². The molecule has 100 valence electrons. The van der Waals surface area contributed by atoms with Gasteiger partial charge in [0.1, 0.15) is 16.6 Å². The van der Waals surface area contributed by atoms with Crippen LogP contribution in [0.5, 0.6) is 0 Å². The predicted octanol–water partition coefficient (Wildman–Crippen LogP) is 3.63. The summed E-state index contributed by atoms with van der Waals surface area (Å²) in [4.78, 5) is 15.6. The molecule has 0 spiro atoms. The lowest BCUT2D eigenvalue weighted by molar-refractivity contribution is 0.101. The number of benzene rings is 1. The van der Waals surface area contributed by atoms with Crippen molar-refractivity contribution >= 4 is 28.4 Å². The van der Waals surface area contributed by atoms with E-state index < -0.39 is 0 Å². The maximum absolute atomic E-state index is 11.3. The van der Waals surface area contributed by atoms with E-state index in [1.54, 1.807) is 24.4 Å². The van der Waals surface area contributed by atoms with Gasteiger partial charge in [0.2, 0.25) is 0 Å². The number of thiazole rings is 1. The molecule has 0 saturated carbocycles. The molecule has 0 fully saturated rings. The van der Waals surface area contributed by atoms with Crippen LogP contribution in [0.15, 0.2) is 35.8 Å². The van der Waals surface area contributed by atoms with Crippen LogP contribution in [0.1, 0.15) is 28.0 Å². The molecule has 1 aromatic heterocycles. The van der Waals surface area contributed by atoms with Crippen molar-refractivity contribution in [1.82, 2.24) is 4.98 Å². The van der Waals surface area contributed by atoms with Crippen molar-refractivity contribution in [2.45, 2.75) is 13.8 Å². The molecular weight excluding hydrogens is 270 g/mol. The van der Waals surface area contributed by atoms with E-state index in [0.29, 0.717) is 16.1 Å². The van der Waals surface area contributed by atoms with E-state index in [-0.39, 0.29) is 5.78 Å². The highest BCUT2D eigenvalue weighted by Gasteiger charge is 2.05. The molecule has 1 N–H and O–H groups in total. The summed E-state index contributed by atoms with van der Waals surface area (Å²) in [6, 6.07) is 9.26. The highest BCUT2D eigenvalue weighted by molar-refractivity contribution is 7.10. The van der Waals surface area contributed by atoms with Crippen molar-refractivity contribution in [2.24, 2.45) is 0 Å². The van der Waals surface area contributed by atoms with E-state index in [1.807, 2.05) is 18.4 Å². The fourth-order valence-corrected chi connectivity index (χ4v) is 2.37. The molecule has 1 aromatic carbocycles. The molecule has 2 rings (SSSR count). The first-order chi connectivity index (χ1) is 9.60. The normalized spacial score (nSPS) is 10.9. The number of carbonyl (C=O) groups excluding carboxylic acids is 1. The van der Waals surface area contributed by atoms with E-state index in [1.165, 1.54) is 18.3 Å². The number of Topliss-reactive ketones (excluding diaryl/α,β-unsaturated/α-hetero) is 1. The summed E-state index contributed by atoms with van der Waals surface area (Å²) < 4.78 is 0. The molecular formula is C15H13N3OS. The average Bonchev–Trinajstić information content (AvgIpc) is 2.86. The number of ketones is 1. The second-order valence-corrected chi connectivity index (χ2v) is 5.10. The zero-order valence-corrected chi connectivity index (χ0v) is 12.0. The van der Waals surface area contributed by atoms with E-state index in [0.717, 1.165) is 11.4 Å². The molecule has 0 atom stereocenters. The highest BCUT2D eigenvalue weighted by Crippen LogP contribution is 2.19.